The summed E-state index contributed by atoms with van der Waals surface area (Å²) in [5.41, 5.74) is 0. The second-order valence-electron chi connectivity index (χ2n) is 4.36. The van der Waals surface area contributed by atoms with Gasteiger partial charge in [-0.3, -0.25) is 25.0 Å². The summed E-state index contributed by atoms with van der Waals surface area (Å²) >= 11 is 7.94. The van der Waals surface area contributed by atoms with Crippen LogP contribution in [0.3, 0.4) is 0 Å². The zero-order valence-corrected chi connectivity index (χ0v) is 14.3. The fourth-order valence-electron chi connectivity index (χ4n) is 1.61. The average Bonchev–Trinajstić information content (AvgIpc) is 2.53. The number of hydrogen-bond acceptors (Lipinski definition) is 8. The van der Waals surface area contributed by atoms with E-state index >= 15 is 0 Å². The first-order chi connectivity index (χ1) is 10.5. The van der Waals surface area contributed by atoms with Crippen molar-refractivity contribution in [3.05, 3.63) is 0 Å². The van der Waals surface area contributed by atoms with Gasteiger partial charge in [-0.15, -0.1) is 0 Å². The summed E-state index contributed by atoms with van der Waals surface area (Å²) in [6.07, 6.45) is -0.380. The quantitative estimate of drug-likeness (QED) is 0.155. The Morgan fingerprint density at radius 1 is 1.18 bits per heavy atom. The molecule has 0 fully saturated rings. The molecule has 22 heavy (non-hydrogen) atoms. The molecule has 0 aromatic carbocycles. The number of amides is 2. The highest BCUT2D eigenvalue weighted by molar-refractivity contribution is 7.81. The summed E-state index contributed by atoms with van der Waals surface area (Å²) in [4.78, 5) is 35.1. The van der Waals surface area contributed by atoms with Gasteiger partial charge in [-0.1, -0.05) is 0 Å². The largest absolute Gasteiger partial charge is 0.395 e. The maximum absolute atomic E-state index is 11.9. The lowest BCUT2D eigenvalue weighted by Crippen LogP contribution is -2.54. The first-order valence-electron chi connectivity index (χ1n) is 6.83. The highest BCUT2D eigenvalue weighted by Crippen LogP contribution is 1.95. The first kappa shape index (κ1) is 21.2. The lowest BCUT2D eigenvalue weighted by Gasteiger charge is -2.20. The molecule has 0 spiro atoms. The number of aliphatic hydroxyl groups is 1. The summed E-state index contributed by atoms with van der Waals surface area (Å²) < 4.78 is 0. The molecule has 0 saturated heterocycles. The number of thiol groups is 2. The summed E-state index contributed by atoms with van der Waals surface area (Å²) in [7, 11) is 1.48. The monoisotopic (exact) mass is 352 g/mol. The maximum atomic E-state index is 11.9. The standard InChI is InChI=1S/C12H24N4O4S2/c1-13-12(20)8(2-5-21)16-10(19)6-15-11(9(18)7-22)14-3-4-17/h8,11,14-15,17,21-22H,2-7H2,1H3,(H,13,20)(H,16,19). The van der Waals surface area contributed by atoms with Crippen LogP contribution in [-0.2, 0) is 14.4 Å². The molecule has 5 N–H and O–H groups in total. The molecule has 0 rings (SSSR count). The van der Waals surface area contributed by atoms with Crippen LogP contribution in [0.2, 0.25) is 0 Å². The van der Waals surface area contributed by atoms with E-state index in [1.807, 2.05) is 0 Å². The Balaban J connectivity index is 4.42. The number of ketones is 1. The van der Waals surface area contributed by atoms with E-state index in [0.717, 1.165) is 0 Å². The smallest absolute Gasteiger partial charge is 0.242 e. The molecule has 0 aliphatic rings. The van der Waals surface area contributed by atoms with E-state index < -0.39 is 18.1 Å². The maximum Gasteiger partial charge on any atom is 0.242 e. The van der Waals surface area contributed by atoms with Gasteiger partial charge in [0.1, 0.15) is 12.2 Å². The van der Waals surface area contributed by atoms with E-state index in [4.69, 9.17) is 5.11 Å². The van der Waals surface area contributed by atoms with E-state index in [1.54, 1.807) is 0 Å². The van der Waals surface area contributed by atoms with Gasteiger partial charge in [0.15, 0.2) is 5.78 Å². The van der Waals surface area contributed by atoms with Gasteiger partial charge in [0.05, 0.1) is 18.9 Å². The molecular formula is C12H24N4O4S2. The third-order valence-electron chi connectivity index (χ3n) is 2.72. The molecule has 128 valence electrons. The van der Waals surface area contributed by atoms with E-state index in [2.05, 4.69) is 46.5 Å². The predicted molar refractivity (Wildman–Crippen MR) is 90.2 cm³/mol. The van der Waals surface area contributed by atoms with Crippen LogP contribution in [-0.4, -0.2) is 73.2 Å². The van der Waals surface area contributed by atoms with Gasteiger partial charge in [0.25, 0.3) is 0 Å². The van der Waals surface area contributed by atoms with Crippen LogP contribution >= 0.6 is 25.3 Å². The molecule has 8 nitrogen and oxygen atoms in total. The zero-order chi connectivity index (χ0) is 17.0. The second-order valence-corrected chi connectivity index (χ2v) is 5.13. The number of Topliss-reactive ketones (excluding diaryl/α,β-unsaturated/α-hetero) is 1. The van der Waals surface area contributed by atoms with Crippen molar-refractivity contribution in [2.75, 3.05) is 38.2 Å². The topological polar surface area (TPSA) is 120 Å². The first-order valence-corrected chi connectivity index (χ1v) is 8.09. The van der Waals surface area contributed by atoms with Gasteiger partial charge < -0.3 is 15.7 Å². The lowest BCUT2D eigenvalue weighted by molar-refractivity contribution is -0.128. The summed E-state index contributed by atoms with van der Waals surface area (Å²) in [5.74, 6) is -0.521. The minimum atomic E-state index is -0.779. The van der Waals surface area contributed by atoms with Gasteiger partial charge in [-0.25, -0.2) is 0 Å². The molecule has 0 aromatic heterocycles. The van der Waals surface area contributed by atoms with Gasteiger partial charge in [0, 0.05) is 13.6 Å². The van der Waals surface area contributed by atoms with Crippen molar-refractivity contribution in [1.29, 1.82) is 0 Å². The third kappa shape index (κ3) is 8.59. The Bertz CT molecular complexity index is 371. The van der Waals surface area contributed by atoms with Gasteiger partial charge in [-0.05, 0) is 12.2 Å². The van der Waals surface area contributed by atoms with Crippen molar-refractivity contribution in [3.63, 3.8) is 0 Å². The van der Waals surface area contributed by atoms with Crippen LogP contribution in [0.25, 0.3) is 0 Å². The van der Waals surface area contributed by atoms with Crippen molar-refractivity contribution >= 4 is 42.9 Å². The van der Waals surface area contributed by atoms with Crippen LogP contribution in [0.4, 0.5) is 0 Å². The molecule has 2 unspecified atom stereocenters. The lowest BCUT2D eigenvalue weighted by atomic mass is 10.2. The molecule has 10 heteroatoms. The number of aliphatic hydroxyl groups excluding tert-OH is 1. The van der Waals surface area contributed by atoms with Crippen molar-refractivity contribution in [2.45, 2.75) is 18.6 Å². The molecule has 0 heterocycles. The van der Waals surface area contributed by atoms with Crippen molar-refractivity contribution in [2.24, 2.45) is 0 Å². The summed E-state index contributed by atoms with van der Waals surface area (Å²) in [5, 5.41) is 19.3. The van der Waals surface area contributed by atoms with Crippen LogP contribution in [0.1, 0.15) is 6.42 Å². The normalized spacial score (nSPS) is 13.3. The van der Waals surface area contributed by atoms with Crippen LogP contribution in [0, 0.1) is 0 Å². The molecule has 0 saturated carbocycles. The Kier molecular flexibility index (Phi) is 12.2. The second kappa shape index (κ2) is 12.7. The van der Waals surface area contributed by atoms with E-state index in [9.17, 15) is 14.4 Å². The number of rotatable bonds is 12. The van der Waals surface area contributed by atoms with Crippen molar-refractivity contribution in [3.8, 4) is 0 Å². The minimum Gasteiger partial charge on any atom is -0.395 e. The van der Waals surface area contributed by atoms with Gasteiger partial charge in [-0.2, -0.15) is 25.3 Å². The molecule has 2 atom stereocenters. The average molecular weight is 352 g/mol. The molecule has 0 aliphatic heterocycles. The minimum absolute atomic E-state index is 0.00175. The molecule has 0 aromatic rings. The van der Waals surface area contributed by atoms with Crippen LogP contribution in [0.15, 0.2) is 0 Å². The van der Waals surface area contributed by atoms with E-state index in [1.165, 1.54) is 7.05 Å². The number of carbonyl (C=O) groups is 3. The van der Waals surface area contributed by atoms with Gasteiger partial charge >= 0.3 is 0 Å². The molecular weight excluding hydrogens is 328 g/mol. The Hall–Kier alpha value is -0.810. The highest BCUT2D eigenvalue weighted by atomic mass is 32.1. The molecule has 0 radical (unpaired) electrons. The van der Waals surface area contributed by atoms with E-state index in [-0.39, 0.29) is 37.1 Å². The summed E-state index contributed by atoms with van der Waals surface area (Å²) in [6, 6.07) is -0.666. The molecule has 0 bridgehead atoms. The van der Waals surface area contributed by atoms with E-state index in [0.29, 0.717) is 12.2 Å². The number of likely N-dealkylation sites (N-methyl/N-ethyl adjacent to an activating group) is 1. The Morgan fingerprint density at radius 2 is 1.86 bits per heavy atom. The molecule has 0 aliphatic carbocycles. The number of hydrogen-bond donors (Lipinski definition) is 7. The highest BCUT2D eigenvalue weighted by Gasteiger charge is 2.20. The number of carbonyl (C=O) groups excluding carboxylic acids is 3. The zero-order valence-electron chi connectivity index (χ0n) is 12.5. The fourth-order valence-corrected chi connectivity index (χ4v) is 2.05. The molecule has 2 amide bonds. The van der Waals surface area contributed by atoms with Crippen molar-refractivity contribution in [1.82, 2.24) is 21.3 Å². The van der Waals surface area contributed by atoms with Crippen molar-refractivity contribution < 1.29 is 19.5 Å². The van der Waals surface area contributed by atoms with Crippen LogP contribution < -0.4 is 21.3 Å². The third-order valence-corrected chi connectivity index (χ3v) is 3.29. The van der Waals surface area contributed by atoms with Gasteiger partial charge in [0.2, 0.25) is 11.8 Å². The summed E-state index contributed by atoms with van der Waals surface area (Å²) in [6.45, 7) is -0.0765. The fraction of sp³-hybridized carbons (Fsp3) is 0.750. The predicted octanol–water partition coefficient (Wildman–Crippen LogP) is -2.47. The van der Waals surface area contributed by atoms with Crippen LogP contribution in [0.5, 0.6) is 0 Å². The number of nitrogens with one attached hydrogen (secondary N) is 4. The Morgan fingerprint density at radius 3 is 2.36 bits per heavy atom. The SMILES string of the molecule is CNC(=O)C(CCS)NC(=O)CNC(NCCO)C(=O)CS. The Labute approximate surface area is 141 Å².